The number of benzene rings is 2. The number of carbonyl (C=O) groups is 2. The van der Waals surface area contributed by atoms with Gasteiger partial charge >= 0.3 is 0 Å². The zero-order valence-corrected chi connectivity index (χ0v) is 14.7. The molecule has 26 heavy (non-hydrogen) atoms. The molecule has 1 amide bonds. The first-order valence-electron chi connectivity index (χ1n) is 7.83. The Bertz CT molecular complexity index is 918. The van der Waals surface area contributed by atoms with E-state index in [1.807, 2.05) is 0 Å². The van der Waals surface area contributed by atoms with E-state index in [0.717, 1.165) is 0 Å². The monoisotopic (exact) mass is 369 g/mol. The Labute approximate surface area is 155 Å². The summed E-state index contributed by atoms with van der Waals surface area (Å²) in [7, 11) is 1.76. The molecule has 3 rings (SSSR count). The average Bonchev–Trinajstić information content (AvgIpc) is 3.05. The first-order chi connectivity index (χ1) is 12.5. The fourth-order valence-corrected chi connectivity index (χ4v) is 2.43. The Morgan fingerprint density at radius 1 is 1.08 bits per heavy atom. The summed E-state index contributed by atoms with van der Waals surface area (Å²) in [5.41, 5.74) is 1.68. The molecule has 0 spiro atoms. The maximum absolute atomic E-state index is 12.4. The summed E-state index contributed by atoms with van der Waals surface area (Å²) in [6.45, 7) is -0.140. The molecule has 0 fully saturated rings. The number of nitrogens with one attached hydrogen (secondary N) is 1. The summed E-state index contributed by atoms with van der Waals surface area (Å²) in [6.07, 6.45) is 3.24. The minimum Gasteiger partial charge on any atom is -0.484 e. The van der Waals surface area contributed by atoms with Gasteiger partial charge in [0.1, 0.15) is 5.75 Å². The summed E-state index contributed by atoms with van der Waals surface area (Å²) in [4.78, 5) is 24.2. The molecule has 0 saturated heterocycles. The fraction of sp³-hybridized carbons (Fsp3) is 0.105. The van der Waals surface area contributed by atoms with Crippen LogP contribution in [0.25, 0.3) is 0 Å². The van der Waals surface area contributed by atoms with Gasteiger partial charge in [-0.3, -0.25) is 14.3 Å². The Kier molecular flexibility index (Phi) is 5.34. The van der Waals surface area contributed by atoms with Crippen LogP contribution in [-0.4, -0.2) is 28.1 Å². The highest BCUT2D eigenvalue weighted by atomic mass is 35.5. The molecule has 0 saturated carbocycles. The number of rotatable bonds is 6. The molecule has 3 aromatic rings. The molecule has 0 atom stereocenters. The second kappa shape index (κ2) is 7.84. The number of hydrogen-bond donors (Lipinski definition) is 1. The molecule has 132 valence electrons. The third-order valence-electron chi connectivity index (χ3n) is 3.58. The number of ether oxygens (including phenoxy) is 1. The second-order valence-electron chi connectivity index (χ2n) is 5.60. The number of carbonyl (C=O) groups excluding carboxylic acids is 2. The van der Waals surface area contributed by atoms with Crippen molar-refractivity contribution in [3.63, 3.8) is 0 Å². The van der Waals surface area contributed by atoms with E-state index in [-0.39, 0.29) is 18.3 Å². The summed E-state index contributed by atoms with van der Waals surface area (Å²) >= 11 is 5.83. The Hall–Kier alpha value is -3.12. The van der Waals surface area contributed by atoms with Crippen molar-refractivity contribution in [2.45, 2.75) is 0 Å². The van der Waals surface area contributed by atoms with Gasteiger partial charge in [0, 0.05) is 29.4 Å². The van der Waals surface area contributed by atoms with E-state index >= 15 is 0 Å². The van der Waals surface area contributed by atoms with Crippen molar-refractivity contribution >= 4 is 29.0 Å². The number of hydrogen-bond acceptors (Lipinski definition) is 4. The minimum atomic E-state index is -0.292. The van der Waals surface area contributed by atoms with Crippen LogP contribution in [0.4, 0.5) is 5.69 Å². The van der Waals surface area contributed by atoms with E-state index < -0.39 is 0 Å². The van der Waals surface area contributed by atoms with Gasteiger partial charge in [0.05, 0.1) is 11.9 Å². The molecule has 0 unspecified atom stereocenters. The van der Waals surface area contributed by atoms with E-state index in [0.29, 0.717) is 27.6 Å². The second-order valence-corrected chi connectivity index (χ2v) is 6.04. The van der Waals surface area contributed by atoms with Crippen LogP contribution in [0.5, 0.6) is 5.75 Å². The van der Waals surface area contributed by atoms with Crippen molar-refractivity contribution < 1.29 is 14.3 Å². The highest BCUT2D eigenvalue weighted by molar-refractivity contribution is 6.30. The molecule has 0 aliphatic heterocycles. The molecule has 1 N–H and O–H groups in total. The van der Waals surface area contributed by atoms with Crippen LogP contribution >= 0.6 is 11.6 Å². The van der Waals surface area contributed by atoms with Gasteiger partial charge in [0.2, 0.25) is 0 Å². The topological polar surface area (TPSA) is 73.2 Å². The van der Waals surface area contributed by atoms with Gasteiger partial charge in [-0.2, -0.15) is 5.10 Å². The van der Waals surface area contributed by atoms with Crippen molar-refractivity contribution in [1.29, 1.82) is 0 Å². The Balaban J connectivity index is 1.56. The van der Waals surface area contributed by atoms with Crippen molar-refractivity contribution in [3.05, 3.63) is 77.1 Å². The van der Waals surface area contributed by atoms with Gasteiger partial charge in [-0.05, 0) is 48.5 Å². The van der Waals surface area contributed by atoms with E-state index in [9.17, 15) is 9.59 Å². The van der Waals surface area contributed by atoms with Crippen molar-refractivity contribution in [3.8, 4) is 5.75 Å². The van der Waals surface area contributed by atoms with Crippen LogP contribution < -0.4 is 10.1 Å². The maximum atomic E-state index is 12.4. The molecular formula is C19H16ClN3O3. The van der Waals surface area contributed by atoms with Gasteiger partial charge in [-0.1, -0.05) is 11.6 Å². The molecule has 0 aliphatic rings. The average molecular weight is 370 g/mol. The molecule has 0 bridgehead atoms. The quantitative estimate of drug-likeness (QED) is 0.676. The molecule has 0 aliphatic carbocycles. The summed E-state index contributed by atoms with van der Waals surface area (Å²) in [6, 6.07) is 13.3. The number of ketones is 1. The number of aromatic nitrogens is 2. The van der Waals surface area contributed by atoms with Crippen LogP contribution in [-0.2, 0) is 11.8 Å². The lowest BCUT2D eigenvalue weighted by molar-refractivity contribution is -0.118. The highest BCUT2D eigenvalue weighted by Gasteiger charge is 2.10. The molecular weight excluding hydrogens is 354 g/mol. The smallest absolute Gasteiger partial charge is 0.262 e. The van der Waals surface area contributed by atoms with E-state index in [4.69, 9.17) is 16.3 Å². The van der Waals surface area contributed by atoms with Crippen LogP contribution in [0.15, 0.2) is 60.9 Å². The molecule has 2 aromatic carbocycles. The first-order valence-corrected chi connectivity index (χ1v) is 8.21. The normalized spacial score (nSPS) is 10.4. The number of nitrogens with zero attached hydrogens (tertiary/aromatic N) is 2. The van der Waals surface area contributed by atoms with Crippen molar-refractivity contribution in [2.24, 2.45) is 7.05 Å². The van der Waals surface area contributed by atoms with Crippen molar-refractivity contribution in [2.75, 3.05) is 11.9 Å². The Morgan fingerprint density at radius 3 is 2.27 bits per heavy atom. The highest BCUT2D eigenvalue weighted by Crippen LogP contribution is 2.17. The van der Waals surface area contributed by atoms with E-state index in [1.54, 1.807) is 72.7 Å². The first kappa shape index (κ1) is 17.7. The number of halogens is 1. The zero-order chi connectivity index (χ0) is 18.5. The van der Waals surface area contributed by atoms with E-state index in [1.165, 1.54) is 0 Å². The largest absolute Gasteiger partial charge is 0.484 e. The zero-order valence-electron chi connectivity index (χ0n) is 14.0. The number of aryl methyl sites for hydroxylation is 1. The third-order valence-corrected chi connectivity index (χ3v) is 3.83. The van der Waals surface area contributed by atoms with Gasteiger partial charge in [-0.15, -0.1) is 0 Å². The lowest BCUT2D eigenvalue weighted by Crippen LogP contribution is -2.19. The van der Waals surface area contributed by atoms with Crippen molar-refractivity contribution in [1.82, 2.24) is 9.78 Å². The molecule has 6 nitrogen and oxygen atoms in total. The summed E-state index contributed by atoms with van der Waals surface area (Å²) in [5, 5.41) is 7.22. The molecule has 0 radical (unpaired) electrons. The van der Waals surface area contributed by atoms with Gasteiger partial charge in [-0.25, -0.2) is 0 Å². The lowest BCUT2D eigenvalue weighted by atomic mass is 10.0. The Morgan fingerprint density at radius 2 is 1.69 bits per heavy atom. The van der Waals surface area contributed by atoms with Crippen LogP contribution in [0.1, 0.15) is 15.9 Å². The molecule has 1 aromatic heterocycles. The van der Waals surface area contributed by atoms with Gasteiger partial charge in [0.25, 0.3) is 5.91 Å². The lowest BCUT2D eigenvalue weighted by Gasteiger charge is -2.07. The fourth-order valence-electron chi connectivity index (χ4n) is 2.30. The van der Waals surface area contributed by atoms with Crippen LogP contribution in [0.3, 0.4) is 0 Å². The third kappa shape index (κ3) is 4.49. The summed E-state index contributed by atoms with van der Waals surface area (Å²) < 4.78 is 7.03. The summed E-state index contributed by atoms with van der Waals surface area (Å²) in [5.74, 6) is 0.0980. The molecule has 1 heterocycles. The SMILES string of the molecule is Cn1cc(NC(=O)COc2ccc(C(=O)c3ccc(Cl)cc3)cc2)cn1. The molecule has 7 heteroatoms. The minimum absolute atomic E-state index is 0.109. The number of amides is 1. The van der Waals surface area contributed by atoms with E-state index in [2.05, 4.69) is 10.4 Å². The van der Waals surface area contributed by atoms with Crippen LogP contribution in [0, 0.1) is 0 Å². The van der Waals surface area contributed by atoms with Gasteiger partial charge < -0.3 is 10.1 Å². The van der Waals surface area contributed by atoms with Gasteiger partial charge in [0.15, 0.2) is 12.4 Å². The number of anilines is 1. The van der Waals surface area contributed by atoms with Crippen LogP contribution in [0.2, 0.25) is 5.02 Å². The predicted octanol–water partition coefficient (Wildman–Crippen LogP) is 3.32. The maximum Gasteiger partial charge on any atom is 0.262 e. The predicted molar refractivity (Wildman–Crippen MR) is 98.7 cm³/mol. The standard InChI is InChI=1S/C19H16ClN3O3/c1-23-11-16(10-21-23)22-18(24)12-26-17-8-4-14(5-9-17)19(25)13-2-6-15(20)7-3-13/h2-11H,12H2,1H3,(H,22,24).